The van der Waals surface area contributed by atoms with Crippen molar-refractivity contribution in [3.63, 3.8) is 0 Å². The standard InChI is InChI=1S/C21H30N4O2/c1-14(2)24-11-8-16(9-12-24)25(15-5-4-6-15)20(26)18-13-23(3)21(27)19-17(18)7-10-22-19/h7,10,13-16,22H,4-6,8-9,11-12H2,1-3H3. The molecule has 2 aromatic rings. The molecule has 1 N–H and O–H groups in total. The molecule has 1 saturated heterocycles. The molecule has 27 heavy (non-hydrogen) atoms. The van der Waals surface area contributed by atoms with Gasteiger partial charge in [-0.25, -0.2) is 0 Å². The fourth-order valence-corrected chi connectivity index (χ4v) is 4.55. The molecule has 0 bridgehead atoms. The Morgan fingerprint density at radius 3 is 2.44 bits per heavy atom. The quantitative estimate of drug-likeness (QED) is 0.900. The number of carbonyl (C=O) groups is 1. The van der Waals surface area contributed by atoms with E-state index in [4.69, 9.17) is 0 Å². The van der Waals surface area contributed by atoms with Gasteiger partial charge >= 0.3 is 0 Å². The summed E-state index contributed by atoms with van der Waals surface area (Å²) in [5.41, 5.74) is 1.07. The average molecular weight is 370 g/mol. The second-order valence-corrected chi connectivity index (χ2v) is 8.38. The van der Waals surface area contributed by atoms with Crippen molar-refractivity contribution in [2.45, 2.75) is 64.1 Å². The summed E-state index contributed by atoms with van der Waals surface area (Å²) >= 11 is 0. The highest BCUT2D eigenvalue weighted by Gasteiger charge is 2.37. The minimum atomic E-state index is -0.0908. The first-order valence-corrected chi connectivity index (χ1v) is 10.2. The predicted octanol–water partition coefficient (Wildman–Crippen LogP) is 2.73. The lowest BCUT2D eigenvalue weighted by molar-refractivity contribution is 0.0263. The van der Waals surface area contributed by atoms with Gasteiger partial charge < -0.3 is 19.4 Å². The van der Waals surface area contributed by atoms with Gasteiger partial charge in [0.05, 0.1) is 5.56 Å². The van der Waals surface area contributed by atoms with Crippen molar-refractivity contribution in [3.8, 4) is 0 Å². The van der Waals surface area contributed by atoms with Crippen molar-refractivity contribution in [3.05, 3.63) is 34.4 Å². The van der Waals surface area contributed by atoms with E-state index >= 15 is 0 Å². The van der Waals surface area contributed by atoms with Crippen LogP contribution in [0.25, 0.3) is 10.9 Å². The fourth-order valence-electron chi connectivity index (χ4n) is 4.55. The molecular formula is C21H30N4O2. The van der Waals surface area contributed by atoms with Crippen molar-refractivity contribution in [2.24, 2.45) is 7.05 Å². The zero-order valence-electron chi connectivity index (χ0n) is 16.6. The van der Waals surface area contributed by atoms with Gasteiger partial charge in [-0.15, -0.1) is 0 Å². The maximum absolute atomic E-state index is 13.7. The van der Waals surface area contributed by atoms with Crippen LogP contribution in [0.2, 0.25) is 0 Å². The van der Waals surface area contributed by atoms with E-state index in [0.29, 0.717) is 29.2 Å². The summed E-state index contributed by atoms with van der Waals surface area (Å²) in [6.07, 6.45) is 8.92. The topological polar surface area (TPSA) is 61.3 Å². The molecule has 1 saturated carbocycles. The number of aryl methyl sites for hydroxylation is 1. The molecule has 0 atom stereocenters. The van der Waals surface area contributed by atoms with Crippen LogP contribution in [0.5, 0.6) is 0 Å². The average Bonchev–Trinajstić information content (AvgIpc) is 3.10. The van der Waals surface area contributed by atoms with Crippen molar-refractivity contribution >= 4 is 16.8 Å². The third kappa shape index (κ3) is 3.20. The Balaban J connectivity index is 1.66. The first-order chi connectivity index (χ1) is 13.0. The summed E-state index contributed by atoms with van der Waals surface area (Å²) in [6, 6.07) is 3.05. The lowest BCUT2D eigenvalue weighted by atomic mass is 9.87. The van der Waals surface area contributed by atoms with Gasteiger partial charge in [0.2, 0.25) is 0 Å². The van der Waals surface area contributed by atoms with Crippen LogP contribution < -0.4 is 5.56 Å². The summed E-state index contributed by atoms with van der Waals surface area (Å²) in [7, 11) is 1.72. The second kappa shape index (κ2) is 7.15. The number of piperidine rings is 1. The van der Waals surface area contributed by atoms with Gasteiger partial charge in [-0.1, -0.05) is 0 Å². The summed E-state index contributed by atoms with van der Waals surface area (Å²) in [5.74, 6) is 0.0860. The molecule has 2 fully saturated rings. The molecule has 1 amide bonds. The van der Waals surface area contributed by atoms with Gasteiger partial charge in [-0.05, 0) is 52.0 Å². The molecule has 0 radical (unpaired) electrons. The monoisotopic (exact) mass is 370 g/mol. The van der Waals surface area contributed by atoms with Gasteiger partial charge in [-0.2, -0.15) is 0 Å². The minimum absolute atomic E-state index is 0.0860. The number of H-pyrrole nitrogens is 1. The van der Waals surface area contributed by atoms with Crippen LogP contribution in [0.1, 0.15) is 56.3 Å². The van der Waals surface area contributed by atoms with Gasteiger partial charge in [0.1, 0.15) is 5.52 Å². The number of aromatic nitrogens is 2. The number of carbonyl (C=O) groups excluding carboxylic acids is 1. The van der Waals surface area contributed by atoms with Crippen molar-refractivity contribution < 1.29 is 4.79 Å². The number of amides is 1. The van der Waals surface area contributed by atoms with E-state index in [9.17, 15) is 9.59 Å². The molecular weight excluding hydrogens is 340 g/mol. The van der Waals surface area contributed by atoms with Crippen LogP contribution in [0, 0.1) is 0 Å². The lowest BCUT2D eigenvalue weighted by Gasteiger charge is -2.46. The Kier molecular flexibility index (Phi) is 4.84. The van der Waals surface area contributed by atoms with E-state index in [-0.39, 0.29) is 11.5 Å². The number of nitrogens with one attached hydrogen (secondary N) is 1. The first kappa shape index (κ1) is 18.3. The van der Waals surface area contributed by atoms with Crippen LogP contribution in [0.3, 0.4) is 0 Å². The smallest absolute Gasteiger partial charge is 0.274 e. The predicted molar refractivity (Wildman–Crippen MR) is 107 cm³/mol. The highest BCUT2D eigenvalue weighted by atomic mass is 16.2. The van der Waals surface area contributed by atoms with E-state index in [2.05, 4.69) is 28.6 Å². The molecule has 1 aliphatic heterocycles. The molecule has 3 heterocycles. The Morgan fingerprint density at radius 2 is 1.85 bits per heavy atom. The molecule has 0 aromatic carbocycles. The highest BCUT2D eigenvalue weighted by Crippen LogP contribution is 2.32. The molecule has 146 valence electrons. The number of likely N-dealkylation sites (tertiary alicyclic amines) is 1. The third-order valence-electron chi connectivity index (χ3n) is 6.45. The molecule has 2 aromatic heterocycles. The molecule has 4 rings (SSSR count). The maximum atomic E-state index is 13.7. The second-order valence-electron chi connectivity index (χ2n) is 8.38. The normalized spacial score (nSPS) is 19.6. The number of rotatable bonds is 4. The van der Waals surface area contributed by atoms with Gasteiger partial charge in [-0.3, -0.25) is 9.59 Å². The molecule has 0 unspecified atom stereocenters. The molecule has 2 aliphatic rings. The Bertz CT molecular complexity index is 885. The van der Waals surface area contributed by atoms with E-state index in [1.54, 1.807) is 19.4 Å². The zero-order valence-corrected chi connectivity index (χ0v) is 16.6. The highest BCUT2D eigenvalue weighted by molar-refractivity contribution is 6.06. The fraction of sp³-hybridized carbons (Fsp3) is 0.619. The van der Waals surface area contributed by atoms with E-state index < -0.39 is 0 Å². The van der Waals surface area contributed by atoms with Crippen LogP contribution in [-0.2, 0) is 7.05 Å². The molecule has 0 spiro atoms. The first-order valence-electron chi connectivity index (χ1n) is 10.2. The van der Waals surface area contributed by atoms with Crippen LogP contribution in [0.4, 0.5) is 0 Å². The number of hydrogen-bond acceptors (Lipinski definition) is 3. The van der Waals surface area contributed by atoms with Gasteiger partial charge in [0.25, 0.3) is 11.5 Å². The van der Waals surface area contributed by atoms with E-state index in [0.717, 1.165) is 44.2 Å². The van der Waals surface area contributed by atoms with Crippen LogP contribution in [0.15, 0.2) is 23.3 Å². The molecule has 1 aliphatic carbocycles. The van der Waals surface area contributed by atoms with E-state index in [1.165, 1.54) is 11.0 Å². The molecule has 6 nitrogen and oxygen atoms in total. The van der Waals surface area contributed by atoms with Crippen molar-refractivity contribution in [1.82, 2.24) is 19.4 Å². The van der Waals surface area contributed by atoms with Crippen LogP contribution in [-0.4, -0.2) is 56.5 Å². The summed E-state index contributed by atoms with van der Waals surface area (Å²) in [4.78, 5) is 33.7. The summed E-state index contributed by atoms with van der Waals surface area (Å²) < 4.78 is 1.52. The lowest BCUT2D eigenvalue weighted by Crippen LogP contribution is -2.54. The van der Waals surface area contributed by atoms with Gasteiger partial charge in [0.15, 0.2) is 0 Å². The number of aromatic amines is 1. The Morgan fingerprint density at radius 1 is 1.19 bits per heavy atom. The minimum Gasteiger partial charge on any atom is -0.357 e. The van der Waals surface area contributed by atoms with Gasteiger partial charge in [0, 0.05) is 56.0 Å². The summed E-state index contributed by atoms with van der Waals surface area (Å²) in [6.45, 7) is 6.57. The van der Waals surface area contributed by atoms with E-state index in [1.807, 2.05) is 6.07 Å². The van der Waals surface area contributed by atoms with Crippen molar-refractivity contribution in [2.75, 3.05) is 13.1 Å². The third-order valence-corrected chi connectivity index (χ3v) is 6.45. The number of hydrogen-bond donors (Lipinski definition) is 1. The molecule has 6 heteroatoms. The van der Waals surface area contributed by atoms with Crippen LogP contribution >= 0.6 is 0 Å². The number of fused-ring (bicyclic) bond motifs is 1. The zero-order chi connectivity index (χ0) is 19.1. The number of nitrogens with zero attached hydrogens (tertiary/aromatic N) is 3. The summed E-state index contributed by atoms with van der Waals surface area (Å²) in [5, 5.41) is 0.743. The van der Waals surface area contributed by atoms with Crippen molar-refractivity contribution in [1.29, 1.82) is 0 Å². The largest absolute Gasteiger partial charge is 0.357 e. The number of pyridine rings is 1. The SMILES string of the molecule is CC(C)N1CCC(N(C(=O)c2cn(C)c(=O)c3[nH]ccc23)C2CCC2)CC1. The maximum Gasteiger partial charge on any atom is 0.274 e. The Labute approximate surface area is 160 Å². The Hall–Kier alpha value is -2.08.